The standard InChI is InChI=1S/C64H40N6S/c1-4-18-40(19-5-1)57-38-52-62(71-57)60(42-22-8-3-9-23-42)67-63(65-52)70-54-34-32-45(36-50(54)51-35-43-24-10-11-25-44(43)37-56(51)70)46-28-16-30-55-58(46)48-27-14-15-29-53(48)69(55)64-66-59(41-20-6-2-7-21-41)49-33-31-39-17-12-13-26-47(39)61(49)68-64/h1-14,16-28,30-38H,15,29H2. The van der Waals surface area contributed by atoms with Crippen LogP contribution in [0.1, 0.15) is 17.7 Å². The molecule has 0 fully saturated rings. The van der Waals surface area contributed by atoms with Crippen molar-refractivity contribution in [2.75, 3.05) is 0 Å². The SMILES string of the molecule is C1=Cc2c(n(-c3nc(-c4ccccc4)c4ccc5ccccc5c4n3)c3cccc(-c4ccc5c(c4)c4cc6ccccc6cc4n5-c4nc(-c5ccccc5)c5sc(-c6ccccc6)cc5n4)c23)CC1. The highest BCUT2D eigenvalue weighted by Crippen LogP contribution is 2.44. The van der Waals surface area contributed by atoms with Gasteiger partial charge in [-0.2, -0.15) is 0 Å². The Bertz CT molecular complexity index is 4510. The average Bonchev–Trinajstić information content (AvgIpc) is 4.12. The predicted molar refractivity (Wildman–Crippen MR) is 296 cm³/mol. The van der Waals surface area contributed by atoms with Crippen LogP contribution in [-0.2, 0) is 6.42 Å². The van der Waals surface area contributed by atoms with Gasteiger partial charge in [0.15, 0.2) is 0 Å². The molecule has 15 rings (SSSR count). The minimum Gasteiger partial charge on any atom is -0.282 e. The molecule has 14 aromatic rings. The molecule has 0 radical (unpaired) electrons. The van der Waals surface area contributed by atoms with Gasteiger partial charge in [0, 0.05) is 54.2 Å². The number of nitrogens with zero attached hydrogens (tertiary/aromatic N) is 6. The molecule has 0 unspecified atom stereocenters. The Morgan fingerprint density at radius 1 is 0.423 bits per heavy atom. The Morgan fingerprint density at radius 3 is 1.90 bits per heavy atom. The van der Waals surface area contributed by atoms with Gasteiger partial charge in [-0.1, -0.05) is 176 Å². The number of allylic oxidation sites excluding steroid dienone is 1. The highest BCUT2D eigenvalue weighted by Gasteiger charge is 2.26. The van der Waals surface area contributed by atoms with Gasteiger partial charge in [0.1, 0.15) is 0 Å². The molecular weight excluding hydrogens is 885 g/mol. The largest absolute Gasteiger partial charge is 0.282 e. The maximum absolute atomic E-state index is 5.50. The van der Waals surface area contributed by atoms with Gasteiger partial charge in [-0.3, -0.25) is 9.13 Å². The van der Waals surface area contributed by atoms with E-state index in [1.54, 1.807) is 11.3 Å². The molecule has 6 nitrogen and oxygen atoms in total. The van der Waals surface area contributed by atoms with Crippen LogP contribution in [0.5, 0.6) is 0 Å². The maximum Gasteiger partial charge on any atom is 0.235 e. The Hall–Kier alpha value is -9.04. The molecule has 0 N–H and O–H groups in total. The van der Waals surface area contributed by atoms with Crippen LogP contribution in [0.3, 0.4) is 0 Å². The van der Waals surface area contributed by atoms with Crippen molar-refractivity contribution in [1.29, 1.82) is 0 Å². The number of benzene rings is 9. The summed E-state index contributed by atoms with van der Waals surface area (Å²) in [7, 11) is 0. The number of aromatic nitrogens is 6. The predicted octanol–water partition coefficient (Wildman–Crippen LogP) is 16.6. The first-order valence-corrected chi connectivity index (χ1v) is 25.0. The number of fused-ring (bicyclic) bond motifs is 11. The zero-order chi connectivity index (χ0) is 46.6. The Balaban J connectivity index is 0.969. The molecule has 5 aromatic heterocycles. The minimum absolute atomic E-state index is 0.646. The van der Waals surface area contributed by atoms with E-state index in [1.165, 1.54) is 37.9 Å². The number of thiophene rings is 1. The zero-order valence-electron chi connectivity index (χ0n) is 38.3. The first kappa shape index (κ1) is 39.9. The van der Waals surface area contributed by atoms with E-state index in [2.05, 4.69) is 228 Å². The second-order valence-corrected chi connectivity index (χ2v) is 19.5. The Labute approximate surface area is 412 Å². The lowest BCUT2D eigenvalue weighted by atomic mass is 9.94. The molecule has 0 aliphatic heterocycles. The van der Waals surface area contributed by atoms with Crippen LogP contribution in [0, 0.1) is 0 Å². The summed E-state index contributed by atoms with van der Waals surface area (Å²) in [5.41, 5.74) is 15.0. The Morgan fingerprint density at radius 2 is 1.10 bits per heavy atom. The first-order chi connectivity index (χ1) is 35.2. The normalized spacial score (nSPS) is 12.6. The van der Waals surface area contributed by atoms with Crippen LogP contribution in [0.4, 0.5) is 0 Å². The fourth-order valence-electron chi connectivity index (χ4n) is 11.1. The van der Waals surface area contributed by atoms with Gasteiger partial charge in [0.2, 0.25) is 11.9 Å². The van der Waals surface area contributed by atoms with Crippen molar-refractivity contribution in [1.82, 2.24) is 29.1 Å². The zero-order valence-corrected chi connectivity index (χ0v) is 39.1. The lowest BCUT2D eigenvalue weighted by Crippen LogP contribution is -2.08. The third-order valence-corrected chi connectivity index (χ3v) is 15.6. The summed E-state index contributed by atoms with van der Waals surface area (Å²) in [6, 6.07) is 73.7. The van der Waals surface area contributed by atoms with E-state index in [9.17, 15) is 0 Å². The summed E-state index contributed by atoms with van der Waals surface area (Å²) in [4.78, 5) is 23.1. The van der Waals surface area contributed by atoms with Crippen LogP contribution < -0.4 is 0 Å². The van der Waals surface area contributed by atoms with Crippen molar-refractivity contribution in [3.05, 3.63) is 224 Å². The monoisotopic (exact) mass is 924 g/mol. The molecule has 1 aliphatic rings. The summed E-state index contributed by atoms with van der Waals surface area (Å²) in [5.74, 6) is 1.33. The highest BCUT2D eigenvalue weighted by molar-refractivity contribution is 7.22. The van der Waals surface area contributed by atoms with E-state index < -0.39 is 0 Å². The molecule has 0 saturated heterocycles. The molecule has 0 amide bonds. The molecule has 0 bridgehead atoms. The van der Waals surface area contributed by atoms with Crippen molar-refractivity contribution in [2.45, 2.75) is 12.8 Å². The maximum atomic E-state index is 5.50. The topological polar surface area (TPSA) is 61.4 Å². The van der Waals surface area contributed by atoms with Crippen molar-refractivity contribution in [3.8, 4) is 56.0 Å². The van der Waals surface area contributed by atoms with Gasteiger partial charge in [-0.25, -0.2) is 19.9 Å². The second kappa shape index (κ2) is 15.8. The molecule has 71 heavy (non-hydrogen) atoms. The molecule has 0 spiro atoms. The van der Waals surface area contributed by atoms with E-state index in [4.69, 9.17) is 19.9 Å². The highest BCUT2D eigenvalue weighted by atomic mass is 32.1. The molecule has 0 atom stereocenters. The van der Waals surface area contributed by atoms with Crippen molar-refractivity contribution < 1.29 is 0 Å². The number of rotatable bonds is 6. The third-order valence-electron chi connectivity index (χ3n) is 14.4. The lowest BCUT2D eigenvalue weighted by Gasteiger charge is -2.15. The lowest BCUT2D eigenvalue weighted by molar-refractivity contribution is 0.853. The molecule has 1 aliphatic carbocycles. The van der Waals surface area contributed by atoms with Gasteiger partial charge in [-0.05, 0) is 88.2 Å². The van der Waals surface area contributed by atoms with E-state index in [0.717, 1.165) is 106 Å². The summed E-state index contributed by atoms with van der Waals surface area (Å²) in [6.07, 6.45) is 6.45. The van der Waals surface area contributed by atoms with Gasteiger partial charge >= 0.3 is 0 Å². The summed E-state index contributed by atoms with van der Waals surface area (Å²) < 4.78 is 5.69. The summed E-state index contributed by atoms with van der Waals surface area (Å²) >= 11 is 1.75. The molecule has 5 heterocycles. The van der Waals surface area contributed by atoms with Gasteiger partial charge in [-0.15, -0.1) is 11.3 Å². The summed E-state index contributed by atoms with van der Waals surface area (Å²) in [6.45, 7) is 0. The van der Waals surface area contributed by atoms with Crippen LogP contribution >= 0.6 is 11.3 Å². The number of hydrogen-bond acceptors (Lipinski definition) is 5. The van der Waals surface area contributed by atoms with E-state index in [-0.39, 0.29) is 0 Å². The molecule has 9 aromatic carbocycles. The van der Waals surface area contributed by atoms with Crippen molar-refractivity contribution in [2.24, 2.45) is 0 Å². The average molecular weight is 925 g/mol. The van der Waals surface area contributed by atoms with Crippen LogP contribution in [0.25, 0.3) is 137 Å². The van der Waals surface area contributed by atoms with Crippen molar-refractivity contribution in [3.63, 3.8) is 0 Å². The van der Waals surface area contributed by atoms with Crippen molar-refractivity contribution >= 4 is 92.8 Å². The van der Waals surface area contributed by atoms with E-state index in [1.807, 2.05) is 0 Å². The van der Waals surface area contributed by atoms with Crippen LogP contribution in [0.15, 0.2) is 212 Å². The smallest absolute Gasteiger partial charge is 0.235 e. The van der Waals surface area contributed by atoms with Gasteiger partial charge in [0.05, 0.1) is 43.7 Å². The minimum atomic E-state index is 0.646. The molecule has 7 heteroatoms. The Kier molecular flexibility index (Phi) is 8.85. The van der Waals surface area contributed by atoms with E-state index in [0.29, 0.717) is 11.9 Å². The van der Waals surface area contributed by atoms with Crippen LogP contribution in [-0.4, -0.2) is 29.1 Å². The van der Waals surface area contributed by atoms with E-state index >= 15 is 0 Å². The van der Waals surface area contributed by atoms with Crippen LogP contribution in [0.2, 0.25) is 0 Å². The second-order valence-electron chi connectivity index (χ2n) is 18.5. The number of hydrogen-bond donors (Lipinski definition) is 0. The quantitative estimate of drug-likeness (QED) is 0.156. The molecule has 0 saturated carbocycles. The molecular formula is C64H40N6S. The fraction of sp³-hybridized carbons (Fsp3) is 0.0312. The summed E-state index contributed by atoms with van der Waals surface area (Å²) in [5, 5.41) is 9.16. The van der Waals surface area contributed by atoms with Gasteiger partial charge < -0.3 is 0 Å². The fourth-order valence-corrected chi connectivity index (χ4v) is 12.3. The third kappa shape index (κ3) is 6.26. The molecule has 332 valence electrons. The first-order valence-electron chi connectivity index (χ1n) is 24.2. The van der Waals surface area contributed by atoms with Gasteiger partial charge in [0.25, 0.3) is 0 Å².